The van der Waals surface area contributed by atoms with Crippen LogP contribution in [0.25, 0.3) is 0 Å². The van der Waals surface area contributed by atoms with Crippen molar-refractivity contribution in [2.24, 2.45) is 5.73 Å². The van der Waals surface area contributed by atoms with Crippen LogP contribution in [0.3, 0.4) is 0 Å². The number of carbonyl (C=O) groups is 2. The number of nitriles is 1. The van der Waals surface area contributed by atoms with Crippen LogP contribution in [0.1, 0.15) is 58.5 Å². The van der Waals surface area contributed by atoms with Gasteiger partial charge in [0.25, 0.3) is 5.56 Å². The number of amides is 2. The van der Waals surface area contributed by atoms with Gasteiger partial charge in [-0.25, -0.2) is 4.79 Å². The number of nitrogens with zero attached hydrogens (tertiary/aromatic N) is 4. The molecule has 0 saturated carbocycles. The van der Waals surface area contributed by atoms with Crippen molar-refractivity contribution < 1.29 is 23.1 Å². The SMILES string of the molecule is CCN1CCCN(c2cc3c(cc2OC)C(CC#N)N(C)C3)C1=O.NCc1ccc(Cl)c(Sc2cc(C(F)(F)Cl)[nH]c(=O)c2C=O)c1Cl. The molecule has 1 fully saturated rings. The molecule has 0 bridgehead atoms. The van der Waals surface area contributed by atoms with Crippen molar-refractivity contribution >= 4 is 64.6 Å². The fourth-order valence-electron chi connectivity index (χ4n) is 5.55. The molecule has 16 heteroatoms. The van der Waals surface area contributed by atoms with E-state index < -0.39 is 16.6 Å². The standard InChI is InChI=1S/C18H24N4O2.C14H9Cl3F2N2O2S/c1-4-21-8-5-9-22(18(21)23)16-10-13-12-20(2)15(6-7-19)14(13)11-17(16)24-3;15-8-2-1-6(4-20)11(16)12(8)24-9-3-10(14(17,18)19)21-13(23)7(9)5-22/h10-11,15H,4-6,8-9,12H2,1-3H3;1-3,5H,4,20H2,(H,21,23). The first-order valence-corrected chi connectivity index (χ1v) is 16.7. The molecule has 2 amide bonds. The number of aromatic nitrogens is 1. The molecule has 1 atom stereocenters. The van der Waals surface area contributed by atoms with Gasteiger partial charge in [-0.05, 0) is 72.9 Å². The van der Waals surface area contributed by atoms with Gasteiger partial charge in [-0.1, -0.05) is 41.0 Å². The number of alkyl halides is 3. The number of hydrogen-bond donors (Lipinski definition) is 2. The van der Waals surface area contributed by atoms with E-state index in [1.165, 1.54) is 11.6 Å². The van der Waals surface area contributed by atoms with Crippen LogP contribution in [0.2, 0.25) is 10.0 Å². The van der Waals surface area contributed by atoms with Crippen LogP contribution in [0.15, 0.2) is 44.9 Å². The topological polar surface area (TPSA) is 136 Å². The van der Waals surface area contributed by atoms with Gasteiger partial charge in [0.15, 0.2) is 6.29 Å². The van der Waals surface area contributed by atoms with Crippen LogP contribution in [0.4, 0.5) is 19.3 Å². The van der Waals surface area contributed by atoms with E-state index in [1.54, 1.807) is 13.2 Å². The summed E-state index contributed by atoms with van der Waals surface area (Å²) in [5.74, 6) is 0.707. The third-order valence-electron chi connectivity index (χ3n) is 8.04. The van der Waals surface area contributed by atoms with Crippen LogP contribution in [0.5, 0.6) is 5.75 Å². The minimum absolute atomic E-state index is 0.0435. The quantitative estimate of drug-likeness (QED) is 0.175. The summed E-state index contributed by atoms with van der Waals surface area (Å²) >= 11 is 18.0. The maximum atomic E-state index is 13.3. The number of nitrogens with two attached hydrogens (primary N) is 1. The zero-order chi connectivity index (χ0) is 35.3. The zero-order valence-electron chi connectivity index (χ0n) is 26.3. The van der Waals surface area contributed by atoms with Gasteiger partial charge in [-0.2, -0.15) is 14.0 Å². The Kier molecular flexibility index (Phi) is 12.4. The molecule has 2 aromatic carbocycles. The molecule has 256 valence electrons. The fraction of sp³-hybridized carbons (Fsp3) is 0.375. The number of pyridine rings is 1. The van der Waals surface area contributed by atoms with Crippen molar-refractivity contribution in [3.63, 3.8) is 0 Å². The maximum Gasteiger partial charge on any atom is 0.362 e. The number of methoxy groups -OCH3 is 1. The van der Waals surface area contributed by atoms with Crippen LogP contribution in [-0.4, -0.2) is 60.9 Å². The van der Waals surface area contributed by atoms with Crippen LogP contribution >= 0.6 is 46.6 Å². The molecule has 10 nitrogen and oxygen atoms in total. The number of rotatable bonds is 9. The van der Waals surface area contributed by atoms with E-state index in [0.29, 0.717) is 29.2 Å². The van der Waals surface area contributed by atoms with Gasteiger partial charge >= 0.3 is 11.4 Å². The summed E-state index contributed by atoms with van der Waals surface area (Å²) in [6.45, 7) is 5.16. The van der Waals surface area contributed by atoms with E-state index in [9.17, 15) is 23.2 Å². The Labute approximate surface area is 295 Å². The fourth-order valence-corrected chi connectivity index (χ4v) is 7.36. The van der Waals surface area contributed by atoms with E-state index in [4.69, 9.17) is 50.5 Å². The highest BCUT2D eigenvalue weighted by Crippen LogP contribution is 2.43. The molecule has 1 unspecified atom stereocenters. The predicted octanol–water partition coefficient (Wildman–Crippen LogP) is 7.14. The van der Waals surface area contributed by atoms with Crippen molar-refractivity contribution in [1.82, 2.24) is 14.8 Å². The average Bonchev–Trinajstić information content (AvgIpc) is 3.35. The molecule has 3 aromatic rings. The largest absolute Gasteiger partial charge is 0.495 e. The molecule has 0 aliphatic carbocycles. The number of nitrogens with one attached hydrogen (secondary N) is 1. The lowest BCUT2D eigenvalue weighted by molar-refractivity contribution is 0.0891. The summed E-state index contributed by atoms with van der Waals surface area (Å²) in [6, 6.07) is 10.5. The molecule has 3 N–H and O–H groups in total. The van der Waals surface area contributed by atoms with Gasteiger partial charge < -0.3 is 20.4 Å². The maximum absolute atomic E-state index is 13.3. The van der Waals surface area contributed by atoms with E-state index in [1.807, 2.05) is 34.8 Å². The summed E-state index contributed by atoms with van der Waals surface area (Å²) in [5.41, 5.74) is 7.11. The van der Waals surface area contributed by atoms with Gasteiger partial charge in [0, 0.05) is 48.6 Å². The number of aldehydes is 1. The third-order valence-corrected chi connectivity index (χ3v) is 10.4. The first kappa shape index (κ1) is 37.4. The van der Waals surface area contributed by atoms with Crippen molar-refractivity contribution in [2.45, 2.75) is 54.1 Å². The molecular weight excluding hydrogens is 709 g/mol. The molecule has 0 spiro atoms. The molecule has 1 saturated heterocycles. The summed E-state index contributed by atoms with van der Waals surface area (Å²) in [6.07, 6.45) is 1.67. The minimum Gasteiger partial charge on any atom is -0.495 e. The highest BCUT2D eigenvalue weighted by Gasteiger charge is 2.33. The molecule has 3 heterocycles. The number of fused-ring (bicyclic) bond motifs is 1. The normalized spacial score (nSPS) is 16.2. The summed E-state index contributed by atoms with van der Waals surface area (Å²) in [7, 11) is 3.66. The number of urea groups is 1. The molecule has 1 aromatic heterocycles. The van der Waals surface area contributed by atoms with Gasteiger partial charge in [0.1, 0.15) is 11.4 Å². The molecule has 48 heavy (non-hydrogen) atoms. The second kappa shape index (κ2) is 15.9. The number of benzene rings is 2. The van der Waals surface area contributed by atoms with Gasteiger partial charge in [-0.15, -0.1) is 0 Å². The molecule has 2 aliphatic rings. The minimum atomic E-state index is -3.80. The first-order valence-electron chi connectivity index (χ1n) is 14.8. The molecule has 0 radical (unpaired) electrons. The lowest BCUT2D eigenvalue weighted by Crippen LogP contribution is -2.49. The smallest absolute Gasteiger partial charge is 0.362 e. The number of H-pyrrole nitrogens is 1. The van der Waals surface area contributed by atoms with E-state index in [-0.39, 0.29) is 45.4 Å². The number of anilines is 1. The molecule has 5 rings (SSSR count). The number of hydrogen-bond acceptors (Lipinski definition) is 8. The van der Waals surface area contributed by atoms with Crippen molar-refractivity contribution in [1.29, 1.82) is 5.26 Å². The van der Waals surface area contributed by atoms with Gasteiger partial charge in [-0.3, -0.25) is 19.4 Å². The Balaban J connectivity index is 0.000000217. The number of ether oxygens (including phenoxy) is 1. The van der Waals surface area contributed by atoms with E-state index in [0.717, 1.165) is 55.1 Å². The second-order valence-electron chi connectivity index (χ2n) is 10.9. The summed E-state index contributed by atoms with van der Waals surface area (Å²) < 4.78 is 32.2. The number of aromatic amines is 1. The highest BCUT2D eigenvalue weighted by atomic mass is 35.5. The van der Waals surface area contributed by atoms with Crippen LogP contribution < -0.4 is 20.9 Å². The van der Waals surface area contributed by atoms with Crippen molar-refractivity contribution in [3.05, 3.63) is 78.7 Å². The van der Waals surface area contributed by atoms with Gasteiger partial charge in [0.05, 0.1) is 40.9 Å². The third kappa shape index (κ3) is 7.91. The summed E-state index contributed by atoms with van der Waals surface area (Å²) in [5, 5.41) is 5.71. The van der Waals surface area contributed by atoms with Crippen molar-refractivity contribution in [2.75, 3.05) is 38.7 Å². The Morgan fingerprint density at radius 2 is 1.96 bits per heavy atom. The van der Waals surface area contributed by atoms with Gasteiger partial charge in [0.2, 0.25) is 0 Å². The number of halogens is 5. The van der Waals surface area contributed by atoms with Crippen LogP contribution in [0, 0.1) is 11.3 Å². The van der Waals surface area contributed by atoms with E-state index in [2.05, 4.69) is 17.0 Å². The highest BCUT2D eigenvalue weighted by molar-refractivity contribution is 7.99. The number of carbonyl (C=O) groups excluding carboxylic acids is 2. The van der Waals surface area contributed by atoms with Crippen molar-refractivity contribution in [3.8, 4) is 11.8 Å². The Morgan fingerprint density at radius 1 is 1.23 bits per heavy atom. The summed E-state index contributed by atoms with van der Waals surface area (Å²) in [4.78, 5) is 43.7. The monoisotopic (exact) mass is 740 g/mol. The van der Waals surface area contributed by atoms with E-state index >= 15 is 0 Å². The lowest BCUT2D eigenvalue weighted by atomic mass is 10.0. The zero-order valence-corrected chi connectivity index (χ0v) is 29.4. The van der Waals surface area contributed by atoms with Crippen LogP contribution in [-0.2, 0) is 18.5 Å². The molecular formula is C32H33Cl3F2N6O4S. The lowest BCUT2D eigenvalue weighted by Gasteiger charge is -2.35. The first-order chi connectivity index (χ1) is 22.8. The Hall–Kier alpha value is -3.38. The second-order valence-corrected chi connectivity index (χ2v) is 13.3. The Bertz CT molecular complexity index is 1800. The Morgan fingerprint density at radius 3 is 2.56 bits per heavy atom. The molecule has 2 aliphatic heterocycles. The predicted molar refractivity (Wildman–Crippen MR) is 183 cm³/mol. The average molecular weight is 742 g/mol.